The third-order valence-corrected chi connectivity index (χ3v) is 21.2. The summed E-state index contributed by atoms with van der Waals surface area (Å²) >= 11 is -1.36. The summed E-state index contributed by atoms with van der Waals surface area (Å²) in [6.45, 7) is 29.4. The third-order valence-electron chi connectivity index (χ3n) is 9.07. The van der Waals surface area contributed by atoms with Crippen LogP contribution < -0.4 is 20.7 Å². The quantitative estimate of drug-likeness (QED) is 0.308. The predicted octanol–water partition coefficient (Wildman–Crippen LogP) is 7.29. The fourth-order valence-electron chi connectivity index (χ4n) is 6.37. The summed E-state index contributed by atoms with van der Waals surface area (Å²) in [6, 6.07) is 16.8. The molecule has 0 spiro atoms. The second-order valence-electron chi connectivity index (χ2n) is 13.9. The van der Waals surface area contributed by atoms with E-state index in [2.05, 4.69) is 128 Å². The zero-order chi connectivity index (χ0) is 27.4. The molecule has 195 valence electrons. The maximum atomic E-state index is 2.66. The average Bonchev–Trinajstić information content (AvgIpc) is 2.91. The Morgan fingerprint density at radius 3 is 1.28 bits per heavy atom. The van der Waals surface area contributed by atoms with Gasteiger partial charge in [-0.1, -0.05) is 0 Å². The van der Waals surface area contributed by atoms with Crippen LogP contribution in [0, 0.1) is 13.8 Å². The fraction of sp³-hybridized carbons (Fsp3) is 0.500. The van der Waals surface area contributed by atoms with Gasteiger partial charge in [0.1, 0.15) is 0 Å². The molecule has 0 aromatic heterocycles. The summed E-state index contributed by atoms with van der Waals surface area (Å²) in [6.07, 6.45) is 0. The van der Waals surface area contributed by atoms with Crippen LogP contribution in [-0.4, -0.2) is 24.9 Å². The van der Waals surface area contributed by atoms with E-state index in [1.807, 2.05) is 0 Å². The van der Waals surface area contributed by atoms with Gasteiger partial charge < -0.3 is 0 Å². The van der Waals surface area contributed by atoms with Crippen LogP contribution in [0.2, 0.25) is 59.5 Å². The Morgan fingerprint density at radius 1 is 0.611 bits per heavy atom. The summed E-state index contributed by atoms with van der Waals surface area (Å²) < 4.78 is 0.331. The van der Waals surface area contributed by atoms with Crippen LogP contribution in [0.25, 0.3) is 0 Å². The zero-order valence-corrected chi connectivity index (χ0v) is 30.5. The van der Waals surface area contributed by atoms with E-state index in [4.69, 9.17) is 0 Å². The van der Waals surface area contributed by atoms with Crippen LogP contribution in [-0.2, 0) is 17.9 Å². The molecule has 36 heavy (non-hydrogen) atoms. The van der Waals surface area contributed by atoms with E-state index in [0.29, 0.717) is 3.72 Å². The van der Waals surface area contributed by atoms with Gasteiger partial charge in [0.05, 0.1) is 0 Å². The predicted molar refractivity (Wildman–Crippen MR) is 171 cm³/mol. The van der Waals surface area contributed by atoms with Crippen LogP contribution in [0.15, 0.2) is 58.7 Å². The topological polar surface area (TPSA) is 0 Å². The van der Waals surface area contributed by atoms with Gasteiger partial charge in [-0.15, -0.1) is 0 Å². The Labute approximate surface area is 233 Å². The number of hydrogen-bond donors (Lipinski definition) is 0. The van der Waals surface area contributed by atoms with Crippen molar-refractivity contribution in [1.82, 2.24) is 0 Å². The molecule has 0 nitrogen and oxygen atoms in total. The second kappa shape index (κ2) is 10.5. The molecule has 0 aliphatic heterocycles. The van der Waals surface area contributed by atoms with Crippen LogP contribution in [0.3, 0.4) is 0 Å². The van der Waals surface area contributed by atoms with Crippen LogP contribution in [0.5, 0.6) is 0 Å². The number of benzene rings is 2. The third kappa shape index (κ3) is 5.66. The van der Waals surface area contributed by atoms with Crippen LogP contribution in [0.1, 0.15) is 38.8 Å². The molecule has 3 rings (SSSR count). The minimum atomic E-state index is -1.50. The standard InChI is InChI=1S/C30H45Si3.2CH3.Ti/c1-20-13-26(17-28(15-20)32(7,8)9)31(19-30-24(5)22(3)23(4)25(30)6)27-14-21(2)16-29(18-27)33(10,11)12;;;/h13-18,31H,19H2,1-12H3;2*1H3;. The van der Waals surface area contributed by atoms with Gasteiger partial charge in [-0.25, -0.2) is 0 Å². The summed E-state index contributed by atoms with van der Waals surface area (Å²) in [7, 11) is -4.31. The van der Waals surface area contributed by atoms with E-state index in [-0.39, 0.29) is 0 Å². The van der Waals surface area contributed by atoms with Crippen LogP contribution >= 0.6 is 0 Å². The van der Waals surface area contributed by atoms with Crippen molar-refractivity contribution in [3.05, 3.63) is 69.8 Å². The molecule has 1 aliphatic rings. The van der Waals surface area contributed by atoms with Crippen molar-refractivity contribution in [2.75, 3.05) is 0 Å². The number of aryl methyl sites for hydroxylation is 2. The SMILES string of the molecule is CC1=C(C)[C](C[SiH](c2cc(C)cc([Si](C)(C)C)c2)c2cc(C)cc([Si](C)(C)C)c2)([Ti]([CH3])[CH3])C(C)=C1C. The Kier molecular flexibility index (Phi) is 8.66. The van der Waals surface area contributed by atoms with E-state index in [9.17, 15) is 0 Å². The molecule has 4 heteroatoms. The first kappa shape index (κ1) is 29.8. The van der Waals surface area contributed by atoms with Gasteiger partial charge in [-0.2, -0.15) is 0 Å². The molecule has 0 N–H and O–H groups in total. The van der Waals surface area contributed by atoms with E-state index in [1.165, 1.54) is 17.2 Å². The molecule has 0 atom stereocenters. The van der Waals surface area contributed by atoms with Crippen molar-refractivity contribution in [2.45, 2.75) is 101 Å². The van der Waals surface area contributed by atoms with Gasteiger partial charge >= 0.3 is 234 Å². The van der Waals surface area contributed by atoms with Gasteiger partial charge in [-0.05, 0) is 0 Å². The van der Waals surface area contributed by atoms with Gasteiger partial charge in [0.25, 0.3) is 0 Å². The molecule has 0 unspecified atom stereocenters. The van der Waals surface area contributed by atoms with Crippen molar-refractivity contribution >= 4 is 45.7 Å². The van der Waals surface area contributed by atoms with E-state index < -0.39 is 42.8 Å². The fourth-order valence-corrected chi connectivity index (χ4v) is 19.2. The second-order valence-corrected chi connectivity index (χ2v) is 31.4. The van der Waals surface area contributed by atoms with E-state index >= 15 is 0 Å². The van der Waals surface area contributed by atoms with E-state index in [0.717, 1.165) is 0 Å². The van der Waals surface area contributed by atoms with Crippen LogP contribution in [0.4, 0.5) is 0 Å². The Hall–Kier alpha value is -0.715. The molecule has 0 radical (unpaired) electrons. The normalized spacial score (nSPS) is 16.4. The zero-order valence-electron chi connectivity index (χ0n) is 25.7. The first-order chi connectivity index (χ1) is 16.4. The first-order valence-electron chi connectivity index (χ1n) is 13.8. The summed E-state index contributed by atoms with van der Waals surface area (Å²) in [4.78, 5) is 0. The summed E-state index contributed by atoms with van der Waals surface area (Å²) in [5.74, 6) is 0. The Morgan fingerprint density at radius 2 is 0.972 bits per heavy atom. The van der Waals surface area contributed by atoms with Gasteiger partial charge in [0.2, 0.25) is 0 Å². The number of rotatable bonds is 7. The van der Waals surface area contributed by atoms with Gasteiger partial charge in [-0.3, -0.25) is 0 Å². The van der Waals surface area contributed by atoms with Crippen molar-refractivity contribution in [3.8, 4) is 0 Å². The number of hydrogen-bond acceptors (Lipinski definition) is 0. The molecule has 0 amide bonds. The molecular formula is C32H51Si3Ti. The maximum absolute atomic E-state index is 2.66. The molecule has 0 saturated carbocycles. The molecule has 0 saturated heterocycles. The van der Waals surface area contributed by atoms with Gasteiger partial charge in [0.15, 0.2) is 0 Å². The molecule has 2 aromatic rings. The van der Waals surface area contributed by atoms with Crippen molar-refractivity contribution in [1.29, 1.82) is 0 Å². The van der Waals surface area contributed by atoms with Crippen molar-refractivity contribution in [2.24, 2.45) is 0 Å². The molecular weight excluding hydrogens is 516 g/mol. The van der Waals surface area contributed by atoms with Crippen molar-refractivity contribution < 1.29 is 17.9 Å². The average molecular weight is 568 g/mol. The molecule has 0 fully saturated rings. The van der Waals surface area contributed by atoms with E-state index in [1.54, 1.807) is 43.0 Å². The molecule has 2 aromatic carbocycles. The molecule has 0 bridgehead atoms. The molecule has 0 heterocycles. The summed E-state index contributed by atoms with van der Waals surface area (Å²) in [5, 5.41) is 11.9. The molecule has 1 aliphatic carbocycles. The monoisotopic (exact) mass is 567 g/mol. The van der Waals surface area contributed by atoms with Gasteiger partial charge in [0, 0.05) is 0 Å². The number of allylic oxidation sites excluding steroid dienone is 4. The minimum absolute atomic E-state index is 0.331. The van der Waals surface area contributed by atoms with Crippen molar-refractivity contribution in [3.63, 3.8) is 0 Å². The first-order valence-corrected chi connectivity index (χ1v) is 26.7. The Bertz CT molecular complexity index is 1130. The summed E-state index contributed by atoms with van der Waals surface area (Å²) in [5.41, 5.74) is 9.47. The Balaban J connectivity index is 2.34.